The van der Waals surface area contributed by atoms with Crippen LogP contribution in [-0.4, -0.2) is 63.1 Å². The largest absolute Gasteiger partial charge is 0.469 e. The van der Waals surface area contributed by atoms with E-state index >= 15 is 0 Å². The van der Waals surface area contributed by atoms with Crippen LogP contribution in [0.5, 0.6) is 0 Å². The number of aliphatic imine (C=N–C) groups is 1. The zero-order valence-corrected chi connectivity index (χ0v) is 9.97. The first-order valence-corrected chi connectivity index (χ1v) is 6.62. The maximum atomic E-state index is 10.6. The molecular weight excluding hydrogens is 269 g/mol. The Bertz CT molecular complexity index is 399. The summed E-state index contributed by atoms with van der Waals surface area (Å²) in [7, 11) is -4.67. The molecule has 1 unspecified atom stereocenters. The fourth-order valence-corrected chi connectivity index (χ4v) is 2.21. The molecular formula is C7H14N3O7P. The summed E-state index contributed by atoms with van der Waals surface area (Å²) in [6, 6.07) is -0.689. The van der Waals surface area contributed by atoms with E-state index in [-0.39, 0.29) is 5.96 Å². The van der Waals surface area contributed by atoms with Gasteiger partial charge in [0.25, 0.3) is 0 Å². The van der Waals surface area contributed by atoms with Crippen LogP contribution in [0.1, 0.15) is 0 Å². The van der Waals surface area contributed by atoms with Gasteiger partial charge in [0.15, 0.2) is 12.2 Å². The molecule has 10 nitrogen and oxygen atoms in total. The lowest BCUT2D eigenvalue weighted by Crippen LogP contribution is -2.61. The van der Waals surface area contributed by atoms with Gasteiger partial charge >= 0.3 is 7.82 Å². The molecule has 0 aliphatic carbocycles. The lowest BCUT2D eigenvalue weighted by molar-refractivity contribution is -0.184. The Morgan fingerprint density at radius 1 is 1.44 bits per heavy atom. The minimum absolute atomic E-state index is 0.0628. The second kappa shape index (κ2) is 4.74. The maximum Gasteiger partial charge on any atom is 0.469 e. The number of aliphatic hydroxyl groups is 2. The number of hydrogen-bond acceptors (Lipinski definition) is 8. The van der Waals surface area contributed by atoms with Gasteiger partial charge in [-0.1, -0.05) is 0 Å². The van der Waals surface area contributed by atoms with Crippen LogP contribution in [0.4, 0.5) is 0 Å². The van der Waals surface area contributed by atoms with Crippen LogP contribution in [-0.2, 0) is 13.8 Å². The van der Waals surface area contributed by atoms with Gasteiger partial charge in [-0.15, -0.1) is 0 Å². The first kappa shape index (κ1) is 13.7. The van der Waals surface area contributed by atoms with Crippen molar-refractivity contribution in [3.8, 4) is 0 Å². The summed E-state index contributed by atoms with van der Waals surface area (Å²) >= 11 is 0. The smallest absolute Gasteiger partial charge is 0.388 e. The van der Waals surface area contributed by atoms with Crippen LogP contribution in [0.3, 0.4) is 0 Å². The van der Waals surface area contributed by atoms with Crippen LogP contribution in [0, 0.1) is 0 Å². The minimum Gasteiger partial charge on any atom is -0.388 e. The number of ether oxygens (including phenoxy) is 1. The Labute approximate surface area is 102 Å². The standard InChI is InChI=1S/C7H14N3O7P/c8-7-9-3-5(12)4(11)2(17-6(3)10-7)1-16-18(13,14)15/h2-6,11-12H,1H2,(H3,8,9,10)(H2,13,14,15)/t2-,3-,4-,5-,6?/m1/s1. The molecule has 5 atom stereocenters. The van der Waals surface area contributed by atoms with Gasteiger partial charge in [-0.05, 0) is 0 Å². The average Bonchev–Trinajstić information content (AvgIpc) is 2.61. The second-order valence-corrected chi connectivity index (χ2v) is 5.26. The van der Waals surface area contributed by atoms with Crippen molar-refractivity contribution in [2.24, 2.45) is 10.7 Å². The molecule has 11 heteroatoms. The monoisotopic (exact) mass is 283 g/mol. The number of fused-ring (bicyclic) bond motifs is 1. The number of aliphatic hydroxyl groups excluding tert-OH is 2. The zero-order chi connectivity index (χ0) is 13.5. The molecule has 0 spiro atoms. The Balaban J connectivity index is 2.02. The van der Waals surface area contributed by atoms with Crippen molar-refractivity contribution in [3.05, 3.63) is 0 Å². The molecule has 2 aliphatic heterocycles. The summed E-state index contributed by atoms with van der Waals surface area (Å²) in [4.78, 5) is 20.9. The third-order valence-corrected chi connectivity index (χ3v) is 3.19. The van der Waals surface area contributed by atoms with E-state index in [4.69, 9.17) is 20.3 Å². The number of nitrogens with zero attached hydrogens (tertiary/aromatic N) is 1. The first-order valence-electron chi connectivity index (χ1n) is 5.09. The molecule has 0 radical (unpaired) electrons. The molecule has 7 N–H and O–H groups in total. The van der Waals surface area contributed by atoms with Gasteiger partial charge in [0.1, 0.15) is 24.4 Å². The fraction of sp³-hybridized carbons (Fsp3) is 0.857. The number of phosphoric ester groups is 1. The third-order valence-electron chi connectivity index (χ3n) is 2.71. The molecule has 2 heterocycles. The highest BCUT2D eigenvalue weighted by atomic mass is 31.2. The first-order chi connectivity index (χ1) is 8.28. The van der Waals surface area contributed by atoms with E-state index in [1.165, 1.54) is 0 Å². The number of guanidine groups is 1. The normalized spacial score (nSPS) is 40.0. The highest BCUT2D eigenvalue weighted by Crippen LogP contribution is 2.37. The predicted octanol–water partition coefficient (Wildman–Crippen LogP) is -3.17. The van der Waals surface area contributed by atoms with Gasteiger partial charge in [-0.25, -0.2) is 9.56 Å². The Hall–Kier alpha value is -0.740. The van der Waals surface area contributed by atoms with Crippen molar-refractivity contribution in [2.75, 3.05) is 6.61 Å². The Morgan fingerprint density at radius 2 is 2.11 bits per heavy atom. The average molecular weight is 283 g/mol. The molecule has 18 heavy (non-hydrogen) atoms. The van der Waals surface area contributed by atoms with Gasteiger partial charge < -0.3 is 35.8 Å². The SMILES string of the molecule is NC1=NC2O[C@H](COP(=O)(O)O)[C@@H](O)[C@H](O)[C@H]2N1. The maximum absolute atomic E-state index is 10.6. The number of rotatable bonds is 3. The highest BCUT2D eigenvalue weighted by molar-refractivity contribution is 7.46. The summed E-state index contributed by atoms with van der Waals surface area (Å²) in [6.45, 7) is -0.568. The number of nitrogens with one attached hydrogen (secondary N) is 1. The van der Waals surface area contributed by atoms with Gasteiger partial charge in [0.05, 0.1) is 6.61 Å². The number of phosphoric acid groups is 1. The summed E-state index contributed by atoms with van der Waals surface area (Å²) in [5, 5.41) is 22.1. The quantitative estimate of drug-likeness (QED) is 0.293. The molecule has 0 aromatic carbocycles. The van der Waals surface area contributed by atoms with E-state index in [1.54, 1.807) is 0 Å². The lowest BCUT2D eigenvalue weighted by atomic mass is 9.97. The van der Waals surface area contributed by atoms with Gasteiger partial charge in [-0.2, -0.15) is 0 Å². The zero-order valence-electron chi connectivity index (χ0n) is 9.08. The molecule has 2 rings (SSSR count). The fourth-order valence-electron chi connectivity index (χ4n) is 1.87. The number of nitrogens with two attached hydrogens (primary N) is 1. The predicted molar refractivity (Wildman–Crippen MR) is 57.2 cm³/mol. The Kier molecular flexibility index (Phi) is 3.60. The number of hydrogen-bond donors (Lipinski definition) is 6. The van der Waals surface area contributed by atoms with Crippen molar-refractivity contribution in [3.63, 3.8) is 0 Å². The van der Waals surface area contributed by atoms with Gasteiger partial charge in [0.2, 0.25) is 0 Å². The van der Waals surface area contributed by atoms with Crippen molar-refractivity contribution < 1.29 is 33.8 Å². The molecule has 1 fully saturated rings. The molecule has 2 aliphatic rings. The molecule has 0 aromatic heterocycles. The van der Waals surface area contributed by atoms with Crippen LogP contribution in [0.15, 0.2) is 4.99 Å². The van der Waals surface area contributed by atoms with Crippen LogP contribution < -0.4 is 11.1 Å². The van der Waals surface area contributed by atoms with Crippen LogP contribution >= 0.6 is 7.82 Å². The highest BCUT2D eigenvalue weighted by Gasteiger charge is 2.47. The van der Waals surface area contributed by atoms with Crippen molar-refractivity contribution in [2.45, 2.75) is 30.6 Å². The van der Waals surface area contributed by atoms with E-state index in [0.717, 1.165) is 0 Å². The topological polar surface area (TPSA) is 167 Å². The molecule has 0 aromatic rings. The Morgan fingerprint density at radius 3 is 2.72 bits per heavy atom. The molecule has 104 valence electrons. The van der Waals surface area contributed by atoms with E-state index in [2.05, 4.69) is 14.8 Å². The summed E-state index contributed by atoms with van der Waals surface area (Å²) in [5.74, 6) is 0.0628. The van der Waals surface area contributed by atoms with Crippen LogP contribution in [0.2, 0.25) is 0 Å². The minimum atomic E-state index is -4.67. The van der Waals surface area contributed by atoms with E-state index < -0.39 is 45.0 Å². The van der Waals surface area contributed by atoms with Crippen LogP contribution in [0.25, 0.3) is 0 Å². The summed E-state index contributed by atoms with van der Waals surface area (Å²) in [6.07, 6.45) is -4.54. The molecule has 0 saturated carbocycles. The lowest BCUT2D eigenvalue weighted by Gasteiger charge is -2.38. The molecule has 1 saturated heterocycles. The van der Waals surface area contributed by atoms with E-state index in [9.17, 15) is 14.8 Å². The van der Waals surface area contributed by atoms with Gasteiger partial charge in [-0.3, -0.25) is 4.52 Å². The molecule has 0 amide bonds. The van der Waals surface area contributed by atoms with Gasteiger partial charge in [0, 0.05) is 0 Å². The van der Waals surface area contributed by atoms with Crippen molar-refractivity contribution in [1.29, 1.82) is 0 Å². The van der Waals surface area contributed by atoms with Crippen molar-refractivity contribution in [1.82, 2.24) is 5.32 Å². The van der Waals surface area contributed by atoms with E-state index in [1.807, 2.05) is 0 Å². The summed E-state index contributed by atoms with van der Waals surface area (Å²) < 4.78 is 20.0. The van der Waals surface area contributed by atoms with E-state index in [0.29, 0.717) is 0 Å². The summed E-state index contributed by atoms with van der Waals surface area (Å²) in [5.41, 5.74) is 5.40. The van der Waals surface area contributed by atoms with Crippen molar-refractivity contribution >= 4 is 13.8 Å². The second-order valence-electron chi connectivity index (χ2n) is 4.02. The third kappa shape index (κ3) is 2.81. The molecule has 0 bridgehead atoms.